The number of phenolic OH excluding ortho intramolecular Hbond substituents is 1. The largest absolute Gasteiger partial charge is 0.508 e. The van der Waals surface area contributed by atoms with E-state index >= 15 is 0 Å². The van der Waals surface area contributed by atoms with Crippen molar-refractivity contribution in [3.05, 3.63) is 52.5 Å². The van der Waals surface area contributed by atoms with Crippen LogP contribution < -0.4 is 4.74 Å². The van der Waals surface area contributed by atoms with Gasteiger partial charge in [-0.3, -0.25) is 0 Å². The van der Waals surface area contributed by atoms with Crippen molar-refractivity contribution in [1.29, 1.82) is 0 Å². The normalized spacial score (nSPS) is 10.9. The molecule has 0 saturated heterocycles. The Bertz CT molecular complexity index is 751. The van der Waals surface area contributed by atoms with E-state index in [0.717, 1.165) is 35.1 Å². The van der Waals surface area contributed by atoms with E-state index in [1.165, 1.54) is 5.01 Å². The van der Waals surface area contributed by atoms with Gasteiger partial charge in [0.05, 0.1) is 10.7 Å². The van der Waals surface area contributed by atoms with Crippen LogP contribution in [0.1, 0.15) is 24.0 Å². The Morgan fingerprint density at radius 2 is 2.00 bits per heavy atom. The van der Waals surface area contributed by atoms with Crippen LogP contribution in [0.25, 0.3) is 10.8 Å². The van der Waals surface area contributed by atoms with Gasteiger partial charge in [0.2, 0.25) is 0 Å². The standard InChI is InChI=1S/C17H17NO2S/c1-2-3-17-18-14(11-21-17)10-20-16-7-5-12-4-6-15(19)8-13(12)9-16/h4-9,11,19H,2-3,10H2,1H3. The molecule has 2 aromatic carbocycles. The molecule has 0 saturated carbocycles. The van der Waals surface area contributed by atoms with E-state index < -0.39 is 0 Å². The van der Waals surface area contributed by atoms with Gasteiger partial charge in [-0.25, -0.2) is 4.98 Å². The van der Waals surface area contributed by atoms with Crippen LogP contribution in [0.2, 0.25) is 0 Å². The van der Waals surface area contributed by atoms with Crippen LogP contribution in [0.3, 0.4) is 0 Å². The lowest BCUT2D eigenvalue weighted by Crippen LogP contribution is -1.96. The molecule has 3 aromatic rings. The quantitative estimate of drug-likeness (QED) is 0.752. The number of nitrogens with zero attached hydrogens (tertiary/aromatic N) is 1. The predicted molar refractivity (Wildman–Crippen MR) is 86.1 cm³/mol. The molecule has 1 heterocycles. The number of rotatable bonds is 5. The van der Waals surface area contributed by atoms with Crippen LogP contribution in [-0.2, 0) is 13.0 Å². The number of hydrogen-bond acceptors (Lipinski definition) is 4. The van der Waals surface area contributed by atoms with Crippen molar-refractivity contribution in [1.82, 2.24) is 4.98 Å². The number of thiazole rings is 1. The number of phenols is 1. The summed E-state index contributed by atoms with van der Waals surface area (Å²) in [7, 11) is 0. The molecule has 0 atom stereocenters. The fourth-order valence-electron chi connectivity index (χ4n) is 2.20. The number of aromatic hydroxyl groups is 1. The third-order valence-electron chi connectivity index (χ3n) is 3.25. The second-order valence-electron chi connectivity index (χ2n) is 4.96. The van der Waals surface area contributed by atoms with E-state index in [2.05, 4.69) is 17.3 Å². The molecule has 0 unspecified atom stereocenters. The van der Waals surface area contributed by atoms with E-state index in [0.29, 0.717) is 6.61 Å². The highest BCUT2D eigenvalue weighted by Gasteiger charge is 2.03. The predicted octanol–water partition coefficient (Wildman–Crippen LogP) is 4.53. The van der Waals surface area contributed by atoms with Crippen molar-refractivity contribution < 1.29 is 9.84 Å². The van der Waals surface area contributed by atoms with E-state index in [-0.39, 0.29) is 5.75 Å². The number of fused-ring (bicyclic) bond motifs is 1. The second-order valence-corrected chi connectivity index (χ2v) is 5.91. The van der Waals surface area contributed by atoms with Gasteiger partial charge in [0.25, 0.3) is 0 Å². The highest BCUT2D eigenvalue weighted by Crippen LogP contribution is 2.25. The SMILES string of the molecule is CCCc1nc(COc2ccc3ccc(O)cc3c2)cs1. The molecule has 3 nitrogen and oxygen atoms in total. The maximum absolute atomic E-state index is 9.53. The number of aromatic nitrogens is 1. The van der Waals surface area contributed by atoms with Crippen molar-refractivity contribution in [2.45, 2.75) is 26.4 Å². The molecule has 0 aliphatic heterocycles. The molecule has 0 amide bonds. The molecule has 4 heteroatoms. The Kier molecular flexibility index (Phi) is 4.06. The van der Waals surface area contributed by atoms with Gasteiger partial charge in [-0.2, -0.15) is 0 Å². The smallest absolute Gasteiger partial charge is 0.131 e. The molecule has 0 bridgehead atoms. The lowest BCUT2D eigenvalue weighted by molar-refractivity contribution is 0.302. The van der Waals surface area contributed by atoms with Crippen molar-refractivity contribution in [3.63, 3.8) is 0 Å². The molecule has 0 aliphatic carbocycles. The van der Waals surface area contributed by atoms with Crippen molar-refractivity contribution >= 4 is 22.1 Å². The first-order chi connectivity index (χ1) is 10.2. The van der Waals surface area contributed by atoms with Gasteiger partial charge < -0.3 is 9.84 Å². The Labute approximate surface area is 127 Å². The zero-order valence-corrected chi connectivity index (χ0v) is 12.7. The zero-order chi connectivity index (χ0) is 14.7. The molecular weight excluding hydrogens is 282 g/mol. The topological polar surface area (TPSA) is 42.4 Å². The maximum Gasteiger partial charge on any atom is 0.131 e. The van der Waals surface area contributed by atoms with Crippen molar-refractivity contribution in [3.8, 4) is 11.5 Å². The van der Waals surface area contributed by atoms with Gasteiger partial charge in [-0.05, 0) is 47.9 Å². The molecule has 0 spiro atoms. The third-order valence-corrected chi connectivity index (χ3v) is 4.20. The lowest BCUT2D eigenvalue weighted by Gasteiger charge is -2.06. The van der Waals surface area contributed by atoms with Gasteiger partial charge >= 0.3 is 0 Å². The molecular formula is C17H17NO2S. The molecule has 0 aliphatic rings. The Balaban J connectivity index is 1.72. The summed E-state index contributed by atoms with van der Waals surface area (Å²) in [6.07, 6.45) is 2.14. The minimum Gasteiger partial charge on any atom is -0.508 e. The minimum atomic E-state index is 0.267. The zero-order valence-electron chi connectivity index (χ0n) is 11.9. The maximum atomic E-state index is 9.53. The van der Waals surface area contributed by atoms with Gasteiger partial charge in [0, 0.05) is 5.38 Å². The average molecular weight is 299 g/mol. The van der Waals surface area contributed by atoms with Crippen LogP contribution in [0.4, 0.5) is 0 Å². The summed E-state index contributed by atoms with van der Waals surface area (Å²) in [6, 6.07) is 11.2. The van der Waals surface area contributed by atoms with Crippen LogP contribution >= 0.6 is 11.3 Å². The average Bonchev–Trinajstić information content (AvgIpc) is 2.93. The summed E-state index contributed by atoms with van der Waals surface area (Å²) in [5, 5.41) is 14.8. The summed E-state index contributed by atoms with van der Waals surface area (Å²) in [6.45, 7) is 2.63. The first-order valence-electron chi connectivity index (χ1n) is 7.03. The fourth-order valence-corrected chi connectivity index (χ4v) is 3.09. The highest BCUT2D eigenvalue weighted by atomic mass is 32.1. The third kappa shape index (κ3) is 3.34. The summed E-state index contributed by atoms with van der Waals surface area (Å²) >= 11 is 1.69. The number of hydrogen-bond donors (Lipinski definition) is 1. The van der Waals surface area contributed by atoms with Crippen molar-refractivity contribution in [2.75, 3.05) is 0 Å². The molecule has 0 radical (unpaired) electrons. The fraction of sp³-hybridized carbons (Fsp3) is 0.235. The molecule has 108 valence electrons. The van der Waals surface area contributed by atoms with E-state index in [1.807, 2.05) is 24.3 Å². The van der Waals surface area contributed by atoms with Crippen LogP contribution in [-0.4, -0.2) is 10.1 Å². The molecule has 1 aromatic heterocycles. The van der Waals surface area contributed by atoms with E-state index in [1.54, 1.807) is 23.5 Å². The monoisotopic (exact) mass is 299 g/mol. The summed E-state index contributed by atoms with van der Waals surface area (Å²) in [4.78, 5) is 4.55. The molecule has 1 N–H and O–H groups in total. The summed E-state index contributed by atoms with van der Waals surface area (Å²) in [5.41, 5.74) is 0.972. The highest BCUT2D eigenvalue weighted by molar-refractivity contribution is 7.09. The van der Waals surface area contributed by atoms with Crippen molar-refractivity contribution in [2.24, 2.45) is 0 Å². The summed E-state index contributed by atoms with van der Waals surface area (Å²) < 4.78 is 5.79. The van der Waals surface area contributed by atoms with Crippen LogP contribution in [0, 0.1) is 0 Å². The summed E-state index contributed by atoms with van der Waals surface area (Å²) in [5.74, 6) is 1.06. The Morgan fingerprint density at radius 1 is 1.14 bits per heavy atom. The molecule has 3 rings (SSSR count). The minimum absolute atomic E-state index is 0.267. The Hall–Kier alpha value is -2.07. The molecule has 21 heavy (non-hydrogen) atoms. The van der Waals surface area contributed by atoms with Crippen LogP contribution in [0.5, 0.6) is 11.5 Å². The van der Waals surface area contributed by atoms with E-state index in [4.69, 9.17) is 4.74 Å². The number of benzene rings is 2. The van der Waals surface area contributed by atoms with Crippen LogP contribution in [0.15, 0.2) is 41.8 Å². The Morgan fingerprint density at radius 3 is 2.86 bits per heavy atom. The van der Waals surface area contributed by atoms with Gasteiger partial charge in [-0.1, -0.05) is 19.1 Å². The lowest BCUT2D eigenvalue weighted by atomic mass is 10.1. The van der Waals surface area contributed by atoms with Gasteiger partial charge in [0.15, 0.2) is 0 Å². The first-order valence-corrected chi connectivity index (χ1v) is 7.91. The van der Waals surface area contributed by atoms with E-state index in [9.17, 15) is 5.11 Å². The second kappa shape index (κ2) is 6.14. The number of ether oxygens (including phenoxy) is 1. The van der Waals surface area contributed by atoms with Gasteiger partial charge in [-0.15, -0.1) is 11.3 Å². The number of aryl methyl sites for hydroxylation is 1. The first kappa shape index (κ1) is 13.9. The molecule has 0 fully saturated rings. The van der Waals surface area contributed by atoms with Gasteiger partial charge in [0.1, 0.15) is 18.1 Å².